The Morgan fingerprint density at radius 1 is 1.23 bits per heavy atom. The fourth-order valence-corrected chi connectivity index (χ4v) is 2.49. The van der Waals surface area contributed by atoms with Crippen molar-refractivity contribution in [2.75, 3.05) is 6.61 Å². The van der Waals surface area contributed by atoms with Gasteiger partial charge in [-0.3, -0.25) is 0 Å². The lowest BCUT2D eigenvalue weighted by Gasteiger charge is -2.11. The summed E-state index contributed by atoms with van der Waals surface area (Å²) < 4.78 is 24.4. The second-order valence-corrected chi connectivity index (χ2v) is 6.03. The van der Waals surface area contributed by atoms with Gasteiger partial charge in [0.2, 0.25) is 5.89 Å². The van der Waals surface area contributed by atoms with Crippen molar-refractivity contribution in [2.24, 2.45) is 0 Å². The minimum Gasteiger partial charge on any atom is -0.389 e. The molecule has 1 atom stereocenters. The summed E-state index contributed by atoms with van der Waals surface area (Å²) in [6.07, 6.45) is -0.957. The summed E-state index contributed by atoms with van der Waals surface area (Å²) in [7, 11) is 0. The average molecular weight is 379 g/mol. The van der Waals surface area contributed by atoms with Gasteiger partial charge < -0.3 is 14.3 Å². The standard InChI is InChI=1S/C18H16ClFN2O4/c19-16-4-2-1-3-13(16)10-25-11-15(23)9-22-18(24)26-17(21-22)12-5-7-14(20)8-6-12/h1-8,15,23H,9-11H2/t15-/m0/s1. The van der Waals surface area contributed by atoms with Crippen LogP contribution in [0.3, 0.4) is 0 Å². The number of hydrogen-bond acceptors (Lipinski definition) is 5. The molecule has 1 heterocycles. The molecule has 1 aromatic heterocycles. The molecule has 0 saturated heterocycles. The van der Waals surface area contributed by atoms with E-state index in [0.29, 0.717) is 10.6 Å². The molecule has 0 aliphatic carbocycles. The number of rotatable bonds is 7. The Kier molecular flexibility index (Phi) is 5.82. The zero-order valence-electron chi connectivity index (χ0n) is 13.6. The second-order valence-electron chi connectivity index (χ2n) is 5.62. The van der Waals surface area contributed by atoms with E-state index in [1.54, 1.807) is 6.07 Å². The van der Waals surface area contributed by atoms with Crippen molar-refractivity contribution in [3.05, 3.63) is 75.5 Å². The maximum atomic E-state index is 13.0. The molecule has 0 bridgehead atoms. The van der Waals surface area contributed by atoms with Crippen LogP contribution in [0, 0.1) is 5.82 Å². The van der Waals surface area contributed by atoms with E-state index in [1.807, 2.05) is 18.2 Å². The van der Waals surface area contributed by atoms with Crippen molar-refractivity contribution in [3.8, 4) is 11.5 Å². The monoisotopic (exact) mass is 378 g/mol. The van der Waals surface area contributed by atoms with E-state index in [0.717, 1.165) is 10.2 Å². The van der Waals surface area contributed by atoms with Crippen LogP contribution in [0.4, 0.5) is 4.39 Å². The number of halogens is 2. The molecular formula is C18H16ClFN2O4. The number of ether oxygens (including phenoxy) is 1. The lowest BCUT2D eigenvalue weighted by atomic mass is 10.2. The van der Waals surface area contributed by atoms with Gasteiger partial charge in [-0.2, -0.15) is 4.68 Å². The van der Waals surface area contributed by atoms with E-state index < -0.39 is 17.7 Å². The fraction of sp³-hybridized carbons (Fsp3) is 0.222. The molecule has 26 heavy (non-hydrogen) atoms. The first kappa shape index (κ1) is 18.3. The SMILES string of the molecule is O=c1oc(-c2ccc(F)cc2)nn1C[C@H](O)COCc1ccccc1Cl. The number of nitrogens with zero attached hydrogens (tertiary/aromatic N) is 2. The van der Waals surface area contributed by atoms with Crippen molar-refractivity contribution in [1.82, 2.24) is 9.78 Å². The first-order chi connectivity index (χ1) is 12.5. The van der Waals surface area contributed by atoms with Crippen LogP contribution in [0.2, 0.25) is 5.02 Å². The Balaban J connectivity index is 1.57. The maximum Gasteiger partial charge on any atom is 0.437 e. The van der Waals surface area contributed by atoms with Crippen LogP contribution in [0.5, 0.6) is 0 Å². The molecule has 136 valence electrons. The molecule has 6 nitrogen and oxygen atoms in total. The highest BCUT2D eigenvalue weighted by molar-refractivity contribution is 6.31. The zero-order chi connectivity index (χ0) is 18.5. The Hall–Kier alpha value is -2.48. The fourth-order valence-electron chi connectivity index (χ4n) is 2.30. The molecule has 8 heteroatoms. The van der Waals surface area contributed by atoms with Gasteiger partial charge in [0.1, 0.15) is 5.82 Å². The molecule has 0 amide bonds. The molecule has 0 spiro atoms. The van der Waals surface area contributed by atoms with E-state index in [-0.39, 0.29) is 25.6 Å². The van der Waals surface area contributed by atoms with Gasteiger partial charge >= 0.3 is 5.76 Å². The lowest BCUT2D eigenvalue weighted by molar-refractivity contribution is 0.0178. The van der Waals surface area contributed by atoms with E-state index in [9.17, 15) is 14.3 Å². The maximum absolute atomic E-state index is 13.0. The summed E-state index contributed by atoms with van der Waals surface area (Å²) in [5.41, 5.74) is 1.27. The summed E-state index contributed by atoms with van der Waals surface area (Å²) in [5, 5.41) is 14.6. The summed E-state index contributed by atoms with van der Waals surface area (Å²) in [6.45, 7) is 0.147. The third-order valence-corrected chi connectivity index (χ3v) is 3.98. The van der Waals surface area contributed by atoms with Gasteiger partial charge in [0.15, 0.2) is 0 Å². The normalized spacial score (nSPS) is 12.3. The summed E-state index contributed by atoms with van der Waals surface area (Å²) in [6, 6.07) is 12.6. The molecule has 3 rings (SSSR count). The van der Waals surface area contributed by atoms with E-state index in [2.05, 4.69) is 5.10 Å². The molecule has 0 radical (unpaired) electrons. The Labute approximate surface area is 153 Å². The van der Waals surface area contributed by atoms with Gasteiger partial charge in [-0.05, 0) is 35.9 Å². The molecule has 0 saturated carbocycles. The number of aliphatic hydroxyl groups excluding tert-OH is 1. The Bertz CT molecular complexity index is 923. The van der Waals surface area contributed by atoms with Gasteiger partial charge in [-0.25, -0.2) is 9.18 Å². The topological polar surface area (TPSA) is 77.5 Å². The van der Waals surface area contributed by atoms with Crippen LogP contribution in [-0.4, -0.2) is 27.6 Å². The first-order valence-electron chi connectivity index (χ1n) is 7.86. The highest BCUT2D eigenvalue weighted by Crippen LogP contribution is 2.17. The summed E-state index contributed by atoms with van der Waals surface area (Å²) in [4.78, 5) is 11.8. The van der Waals surface area contributed by atoms with Gasteiger partial charge in [-0.15, -0.1) is 5.10 Å². The second kappa shape index (κ2) is 8.27. The number of hydrogen-bond donors (Lipinski definition) is 1. The van der Waals surface area contributed by atoms with Crippen molar-refractivity contribution in [1.29, 1.82) is 0 Å². The van der Waals surface area contributed by atoms with E-state index in [1.165, 1.54) is 24.3 Å². The van der Waals surface area contributed by atoms with Crippen LogP contribution < -0.4 is 5.76 Å². The van der Waals surface area contributed by atoms with Gasteiger partial charge in [-0.1, -0.05) is 29.8 Å². The molecule has 2 aromatic carbocycles. The Morgan fingerprint density at radius 2 is 1.96 bits per heavy atom. The van der Waals surface area contributed by atoms with Gasteiger partial charge in [0.25, 0.3) is 0 Å². The average Bonchev–Trinajstić information content (AvgIpc) is 2.98. The first-order valence-corrected chi connectivity index (χ1v) is 8.24. The smallest absolute Gasteiger partial charge is 0.389 e. The molecule has 0 unspecified atom stereocenters. The molecule has 0 fully saturated rings. The quantitative estimate of drug-likeness (QED) is 0.684. The van der Waals surface area contributed by atoms with Crippen LogP contribution in [-0.2, 0) is 17.9 Å². The minimum atomic E-state index is -0.957. The molecule has 0 aliphatic rings. The lowest BCUT2D eigenvalue weighted by Crippen LogP contribution is -2.28. The van der Waals surface area contributed by atoms with Gasteiger partial charge in [0, 0.05) is 10.6 Å². The van der Waals surface area contributed by atoms with Crippen LogP contribution in [0.15, 0.2) is 57.7 Å². The third kappa shape index (κ3) is 4.57. The van der Waals surface area contributed by atoms with Crippen molar-refractivity contribution >= 4 is 11.6 Å². The molecule has 3 aromatic rings. The van der Waals surface area contributed by atoms with Crippen LogP contribution >= 0.6 is 11.6 Å². The van der Waals surface area contributed by atoms with E-state index >= 15 is 0 Å². The predicted molar refractivity (Wildman–Crippen MR) is 93.3 cm³/mol. The van der Waals surface area contributed by atoms with Crippen LogP contribution in [0.25, 0.3) is 11.5 Å². The summed E-state index contributed by atoms with van der Waals surface area (Å²) in [5.74, 6) is -1.06. The summed E-state index contributed by atoms with van der Waals surface area (Å²) >= 11 is 6.03. The minimum absolute atomic E-state index is 0.00357. The molecule has 1 N–H and O–H groups in total. The highest BCUT2D eigenvalue weighted by Gasteiger charge is 2.14. The molecular weight excluding hydrogens is 363 g/mol. The van der Waals surface area contributed by atoms with Crippen molar-refractivity contribution in [2.45, 2.75) is 19.3 Å². The number of aliphatic hydroxyl groups is 1. The largest absolute Gasteiger partial charge is 0.437 e. The van der Waals surface area contributed by atoms with Crippen LogP contribution in [0.1, 0.15) is 5.56 Å². The zero-order valence-corrected chi connectivity index (χ0v) is 14.4. The van der Waals surface area contributed by atoms with Crippen molar-refractivity contribution < 1.29 is 18.7 Å². The van der Waals surface area contributed by atoms with Crippen molar-refractivity contribution in [3.63, 3.8) is 0 Å². The molecule has 0 aliphatic heterocycles. The van der Waals surface area contributed by atoms with Gasteiger partial charge in [0.05, 0.1) is 25.9 Å². The van der Waals surface area contributed by atoms with E-state index in [4.69, 9.17) is 20.8 Å². The Morgan fingerprint density at radius 3 is 2.69 bits per heavy atom. The third-order valence-electron chi connectivity index (χ3n) is 3.61. The predicted octanol–water partition coefficient (Wildman–Crippen LogP) is 2.87. The number of benzene rings is 2. The number of aromatic nitrogens is 2. The highest BCUT2D eigenvalue weighted by atomic mass is 35.5.